The van der Waals surface area contributed by atoms with Gasteiger partial charge in [-0.05, 0) is 287 Å². The van der Waals surface area contributed by atoms with E-state index in [1.165, 1.54) is 62.0 Å². The molecule has 1 aliphatic carbocycles. The van der Waals surface area contributed by atoms with Crippen molar-refractivity contribution in [1.82, 2.24) is 14.7 Å². The molecule has 6 fully saturated rings. The number of hydrogen-bond donors (Lipinski definition) is 4. The van der Waals surface area contributed by atoms with Crippen LogP contribution in [0.3, 0.4) is 0 Å². The summed E-state index contributed by atoms with van der Waals surface area (Å²) < 4.78 is 22.8. The molecule has 0 aromatic heterocycles. The number of rotatable bonds is 34. The number of carboxylic acid groups (broad SMARTS) is 1. The molecule has 20 heteroatoms. The summed E-state index contributed by atoms with van der Waals surface area (Å²) in [4.78, 5) is 59.8. The molecule has 5 N–H and O–H groups in total. The van der Waals surface area contributed by atoms with Gasteiger partial charge in [0.2, 0.25) is 0 Å². The summed E-state index contributed by atoms with van der Waals surface area (Å²) in [5, 5.41) is 27.5. The standard InChI is InChI=1S/C31H52BNO3.C25H39NO.C19H31BN2O4.C18H32O.C8H9Br.C6H12BO2.ClH/c1-24(25-15-11-10-12-16-25)33-21-17-26(18-22-33)31(9,27(34)23-28(2,3)4)19-13-14-20-32-35-29(5,6)30(7,8)36-32;1-7-8-16-25(6,23(27)19-24(3,4)5)22-14-17-26(18-15-22)20(2)21-12-10-9-11-13-21;1-15(16-7-3-2-4-8-16)22-13-9-17(10-14-22)19(21,18(23)24)11-5-6-12-20(25)26;1-6-7-13-18(5,15-11-9-8-10-12-15)16(19)14-17(2,3)4;1-7(9)8-5-3-2-4-6-8;1-5(2)6(3,4)9-7-8-5;/h10-12,15-16,24,26H,13-14,17-23H2,1-9H3;7,9-13,20,22H,1,8,14-19H2,2-6H3;2-4,7-8,15,17,25-26H,5-6,9-14,21H2,1H3,(H,23,24);6,15H,1,7-14H2,2-5H3;2-7H,1H3;1-4H3;1H. The average Bonchev–Trinajstić information content (AvgIpc) is 1.60. The maximum atomic E-state index is 13.8. The number of nitrogens with zero attached hydrogens (tertiary/aromatic N) is 3. The molecule has 5 heterocycles. The third-order valence-corrected chi connectivity index (χ3v) is 30.1. The molecule has 0 bridgehead atoms. The number of hydrogen-bond acceptors (Lipinski definition) is 14. The van der Waals surface area contributed by atoms with Crippen molar-refractivity contribution in [3.8, 4) is 0 Å². The minimum absolute atomic E-state index is 0. The van der Waals surface area contributed by atoms with E-state index in [4.69, 9.17) is 34.4 Å². The summed E-state index contributed by atoms with van der Waals surface area (Å²) in [6, 6.07) is 43.4. The first kappa shape index (κ1) is 115. The lowest BCUT2D eigenvalue weighted by atomic mass is 9.63. The minimum Gasteiger partial charge on any atom is -0.480 e. The van der Waals surface area contributed by atoms with E-state index in [2.05, 4.69) is 267 Å². The summed E-state index contributed by atoms with van der Waals surface area (Å²) >= 11 is 3.48. The maximum absolute atomic E-state index is 13.8. The van der Waals surface area contributed by atoms with Crippen LogP contribution < -0.4 is 5.73 Å². The van der Waals surface area contributed by atoms with Crippen LogP contribution in [0.5, 0.6) is 0 Å². The SMILES string of the molecule is C=CCCC(C)(C(=O)CC(C)(C)C)C1CCCCC1.C=CCCC(C)(C(=O)CC(C)(C)C)C1CCN(C(C)c2ccccc2)CC1.CC(Br)c1ccccc1.CC(c1ccccc1)N1CCC(C(C)(CCCCB2OC(C)(C)C(C)(C)O2)C(=O)CC(C)(C)C)CC1.CC(c1ccccc1)N1CCC(C(N)(CCCCB(O)O)C(=O)O)CC1.CC1(C)O[B]OC1(C)C.Cl. The van der Waals surface area contributed by atoms with Crippen molar-refractivity contribution in [3.63, 3.8) is 0 Å². The minimum atomic E-state index is -1.34. The monoisotopic (exact) mass is 1840 g/mol. The fourth-order valence-electron chi connectivity index (χ4n) is 19.2. The Kier molecular flexibility index (Phi) is 47.3. The number of carbonyl (C=O) groups is 4. The number of Topliss-reactive ketones (excluding diaryl/α,β-unsaturated/α-hetero) is 3. The molecule has 15 nitrogen and oxygen atoms in total. The topological polar surface area (TPSA) is 202 Å². The summed E-state index contributed by atoms with van der Waals surface area (Å²) in [6.45, 7) is 65.4. The number of nitrogens with two attached hydrogens (primary N) is 1. The van der Waals surface area contributed by atoms with Crippen LogP contribution in [0.1, 0.15) is 365 Å². The second kappa shape index (κ2) is 52.3. The predicted octanol–water partition coefficient (Wildman–Crippen LogP) is 26.3. The lowest BCUT2D eigenvalue weighted by molar-refractivity contribution is -0.147. The molecule has 8 unspecified atom stereocenters. The number of piperidine rings is 3. The highest BCUT2D eigenvalue weighted by atomic mass is 79.9. The van der Waals surface area contributed by atoms with Crippen LogP contribution in [-0.2, 0) is 37.8 Å². The molecule has 1 saturated carbocycles. The normalized spacial score (nSPS) is 21.1. The van der Waals surface area contributed by atoms with E-state index >= 15 is 0 Å². The van der Waals surface area contributed by atoms with Crippen molar-refractivity contribution >= 4 is 73.6 Å². The Balaban J connectivity index is 0.000000336. The number of allylic oxidation sites excluding steroid dienone is 2. The van der Waals surface area contributed by atoms with Crippen molar-refractivity contribution in [2.45, 2.75) is 384 Å². The van der Waals surface area contributed by atoms with E-state index in [9.17, 15) is 24.3 Å². The molecule has 4 aromatic rings. The van der Waals surface area contributed by atoms with E-state index < -0.39 is 18.6 Å². The molecule has 713 valence electrons. The van der Waals surface area contributed by atoms with Gasteiger partial charge in [0.05, 0.1) is 22.4 Å². The van der Waals surface area contributed by atoms with Gasteiger partial charge in [0.25, 0.3) is 0 Å². The van der Waals surface area contributed by atoms with Crippen LogP contribution in [0.4, 0.5) is 0 Å². The molecular formula is C107H176B3BrClN4O11. The Morgan fingerprint density at radius 3 is 1.04 bits per heavy atom. The Bertz CT molecular complexity index is 3800. The second-order valence-electron chi connectivity index (χ2n) is 44.3. The van der Waals surface area contributed by atoms with Gasteiger partial charge >= 0.3 is 27.9 Å². The van der Waals surface area contributed by atoms with Gasteiger partial charge in [-0.25, -0.2) is 0 Å². The number of carboxylic acids is 1. The van der Waals surface area contributed by atoms with Crippen molar-refractivity contribution in [2.24, 2.45) is 61.9 Å². The third-order valence-electron chi connectivity index (χ3n) is 29.6. The van der Waals surface area contributed by atoms with Crippen molar-refractivity contribution in [1.29, 1.82) is 0 Å². The smallest absolute Gasteiger partial charge is 0.480 e. The molecule has 1 radical (unpaired) electrons. The van der Waals surface area contributed by atoms with Crippen molar-refractivity contribution in [3.05, 3.63) is 169 Å². The van der Waals surface area contributed by atoms with Gasteiger partial charge in [-0.15, -0.1) is 25.6 Å². The lowest BCUT2D eigenvalue weighted by Crippen LogP contribution is -2.57. The van der Waals surface area contributed by atoms with Gasteiger partial charge in [-0.3, -0.25) is 33.9 Å². The van der Waals surface area contributed by atoms with Gasteiger partial charge in [0.1, 0.15) is 22.9 Å². The summed E-state index contributed by atoms with van der Waals surface area (Å²) in [5.41, 5.74) is 9.09. The van der Waals surface area contributed by atoms with E-state index in [-0.39, 0.29) is 86.7 Å². The predicted molar refractivity (Wildman–Crippen MR) is 540 cm³/mol. The molecule has 127 heavy (non-hydrogen) atoms. The zero-order valence-corrected chi connectivity index (χ0v) is 86.3. The fraction of sp³-hybridized carbons (Fsp3) is 0.701. The van der Waals surface area contributed by atoms with Crippen LogP contribution >= 0.6 is 28.3 Å². The van der Waals surface area contributed by atoms with Crippen LogP contribution in [0.2, 0.25) is 12.6 Å². The number of aliphatic carboxylic acids is 1. The Labute approximate surface area is 789 Å². The van der Waals surface area contributed by atoms with Gasteiger partial charge < -0.3 is 39.5 Å². The Morgan fingerprint density at radius 2 is 0.764 bits per heavy atom. The number of likely N-dealkylation sites (tertiary alicyclic amines) is 3. The second-order valence-corrected chi connectivity index (χ2v) is 45.7. The highest BCUT2D eigenvalue weighted by molar-refractivity contribution is 9.09. The Hall–Kier alpha value is -4.60. The van der Waals surface area contributed by atoms with Crippen LogP contribution in [0, 0.1) is 56.2 Å². The molecule has 5 aliphatic heterocycles. The van der Waals surface area contributed by atoms with E-state index in [0.29, 0.717) is 96.6 Å². The number of unbranched alkanes of at least 4 members (excludes halogenated alkanes) is 2. The zero-order chi connectivity index (χ0) is 94.3. The van der Waals surface area contributed by atoms with Gasteiger partial charge in [0, 0.05) is 58.5 Å². The molecular weight excluding hydrogens is 1660 g/mol. The first-order chi connectivity index (χ1) is 58.7. The van der Waals surface area contributed by atoms with Gasteiger partial charge in [-0.2, -0.15) is 0 Å². The number of carbonyl (C=O) groups excluding carboxylic acids is 3. The first-order valence-corrected chi connectivity index (χ1v) is 49.4. The molecule has 0 spiro atoms. The molecule has 6 aliphatic rings. The van der Waals surface area contributed by atoms with Crippen LogP contribution in [0.15, 0.2) is 147 Å². The fourth-order valence-corrected chi connectivity index (χ4v) is 19.5. The van der Waals surface area contributed by atoms with Crippen molar-refractivity contribution < 1.29 is 53.0 Å². The van der Waals surface area contributed by atoms with Gasteiger partial charge in [-0.1, -0.05) is 277 Å². The van der Waals surface area contributed by atoms with Crippen LogP contribution in [0.25, 0.3) is 0 Å². The molecule has 5 saturated heterocycles. The third kappa shape index (κ3) is 36.3. The number of ketones is 3. The lowest BCUT2D eigenvalue weighted by Gasteiger charge is -2.44. The van der Waals surface area contributed by atoms with E-state index in [1.54, 1.807) is 0 Å². The molecule has 0 amide bonds. The summed E-state index contributed by atoms with van der Waals surface area (Å²) in [7, 11) is -0.0658. The first-order valence-electron chi connectivity index (χ1n) is 48.5. The van der Waals surface area contributed by atoms with Gasteiger partial charge in [0.15, 0.2) is 0 Å². The highest BCUT2D eigenvalue weighted by Gasteiger charge is 2.52. The zero-order valence-electron chi connectivity index (χ0n) is 83.9. The van der Waals surface area contributed by atoms with E-state index in [1.807, 2.05) is 76.2 Å². The van der Waals surface area contributed by atoms with E-state index in [0.717, 1.165) is 129 Å². The average molecular weight is 1840 g/mol. The van der Waals surface area contributed by atoms with Crippen LogP contribution in [-0.4, -0.2) is 142 Å². The quantitative estimate of drug-likeness (QED) is 0.0149. The summed E-state index contributed by atoms with van der Waals surface area (Å²) in [5.74, 6) is 1.90. The molecule has 10 rings (SSSR count). The molecule has 8 atom stereocenters. The number of benzene rings is 4. The molecule has 4 aromatic carbocycles. The van der Waals surface area contributed by atoms with Crippen molar-refractivity contribution in [2.75, 3.05) is 39.3 Å². The Morgan fingerprint density at radius 1 is 0.465 bits per heavy atom. The summed E-state index contributed by atoms with van der Waals surface area (Å²) in [6.07, 6.45) is 27.8. The highest BCUT2D eigenvalue weighted by Crippen LogP contribution is 2.49. The number of alkyl halides is 1. The number of halogens is 2. The largest absolute Gasteiger partial charge is 0.488 e. The maximum Gasteiger partial charge on any atom is 0.488 e.